The first-order valence-corrected chi connectivity index (χ1v) is 11.3. The van der Waals surface area contributed by atoms with Gasteiger partial charge in [0.2, 0.25) is 0 Å². The first kappa shape index (κ1) is 19.1. The van der Waals surface area contributed by atoms with Crippen molar-refractivity contribution >= 4 is 39.0 Å². The molecule has 0 aromatic carbocycles. The van der Waals surface area contributed by atoms with Gasteiger partial charge in [-0.25, -0.2) is 4.98 Å². The Morgan fingerprint density at radius 2 is 1.86 bits per heavy atom. The number of hydrogen-bond donors (Lipinski definition) is 1. The predicted molar refractivity (Wildman–Crippen MR) is 115 cm³/mol. The fourth-order valence-corrected chi connectivity index (χ4v) is 5.69. The van der Waals surface area contributed by atoms with Gasteiger partial charge in [0.05, 0.1) is 31.1 Å². The highest BCUT2D eigenvalue weighted by Gasteiger charge is 2.34. The van der Waals surface area contributed by atoms with Crippen molar-refractivity contribution in [1.29, 1.82) is 0 Å². The molecule has 3 aliphatic rings. The van der Waals surface area contributed by atoms with Crippen LogP contribution in [0.1, 0.15) is 47.5 Å². The first-order chi connectivity index (χ1) is 13.9. The largest absolute Gasteiger partial charge is 0.397 e. The molecule has 0 spiro atoms. The van der Waals surface area contributed by atoms with Crippen LogP contribution in [-0.4, -0.2) is 60.8 Å². The number of aromatic nitrogens is 1. The molecule has 0 aliphatic carbocycles. The van der Waals surface area contributed by atoms with Gasteiger partial charge in [0.1, 0.15) is 15.5 Å². The summed E-state index contributed by atoms with van der Waals surface area (Å²) in [5, 5.41) is 0.959. The summed E-state index contributed by atoms with van der Waals surface area (Å²) in [5.41, 5.74) is 9.28. The van der Waals surface area contributed by atoms with Gasteiger partial charge >= 0.3 is 0 Å². The summed E-state index contributed by atoms with van der Waals surface area (Å²) in [7, 11) is 0. The maximum absolute atomic E-state index is 13.2. The molecule has 2 fully saturated rings. The fourth-order valence-electron chi connectivity index (χ4n) is 4.60. The predicted octanol–water partition coefficient (Wildman–Crippen LogP) is 2.80. The van der Waals surface area contributed by atoms with Gasteiger partial charge in [-0.2, -0.15) is 0 Å². The summed E-state index contributed by atoms with van der Waals surface area (Å²) in [5.74, 6) is 1.02. The van der Waals surface area contributed by atoms with Gasteiger partial charge in [0.15, 0.2) is 0 Å². The van der Waals surface area contributed by atoms with Crippen LogP contribution in [0.2, 0.25) is 0 Å². The van der Waals surface area contributed by atoms with Crippen molar-refractivity contribution in [2.75, 3.05) is 50.0 Å². The number of ether oxygens (including phenoxy) is 2. The third kappa shape index (κ3) is 3.27. The van der Waals surface area contributed by atoms with E-state index in [1.54, 1.807) is 0 Å². The molecule has 156 valence electrons. The maximum atomic E-state index is 13.2. The molecule has 2 saturated heterocycles. The Morgan fingerprint density at radius 3 is 2.59 bits per heavy atom. The monoisotopic (exact) mass is 416 g/mol. The molecule has 1 amide bonds. The number of pyridine rings is 1. The van der Waals surface area contributed by atoms with Gasteiger partial charge < -0.3 is 25.0 Å². The number of anilines is 2. The second kappa shape index (κ2) is 7.11. The summed E-state index contributed by atoms with van der Waals surface area (Å²) in [4.78, 5) is 23.9. The minimum atomic E-state index is -0.258. The molecule has 5 heterocycles. The van der Waals surface area contributed by atoms with E-state index in [0.717, 1.165) is 41.1 Å². The lowest BCUT2D eigenvalue weighted by Crippen LogP contribution is -2.40. The number of nitrogens with zero attached hydrogens (tertiary/aromatic N) is 3. The molecule has 2 aromatic heterocycles. The third-order valence-electron chi connectivity index (χ3n) is 6.18. The molecule has 0 saturated carbocycles. The lowest BCUT2D eigenvalue weighted by atomic mass is 9.89. The number of morpholine rings is 1. The van der Waals surface area contributed by atoms with E-state index in [4.69, 9.17) is 20.2 Å². The number of nitrogens with two attached hydrogens (primary N) is 1. The topological polar surface area (TPSA) is 80.9 Å². The van der Waals surface area contributed by atoms with E-state index in [9.17, 15) is 4.79 Å². The van der Waals surface area contributed by atoms with Crippen LogP contribution in [-0.2, 0) is 22.5 Å². The van der Waals surface area contributed by atoms with Crippen molar-refractivity contribution in [3.05, 3.63) is 16.0 Å². The van der Waals surface area contributed by atoms with Crippen LogP contribution in [0.4, 0.5) is 11.5 Å². The summed E-state index contributed by atoms with van der Waals surface area (Å²) in [6.07, 6.45) is 3.15. The van der Waals surface area contributed by atoms with E-state index < -0.39 is 0 Å². The number of fused-ring (bicyclic) bond motifs is 3. The highest BCUT2D eigenvalue weighted by Crippen LogP contribution is 2.44. The lowest BCUT2D eigenvalue weighted by molar-refractivity contribution is -0.0395. The Labute approximate surface area is 174 Å². The molecule has 0 radical (unpaired) electrons. The average molecular weight is 417 g/mol. The zero-order valence-electron chi connectivity index (χ0n) is 17.1. The van der Waals surface area contributed by atoms with Crippen molar-refractivity contribution in [2.24, 2.45) is 0 Å². The van der Waals surface area contributed by atoms with Crippen LogP contribution in [0.15, 0.2) is 0 Å². The summed E-state index contributed by atoms with van der Waals surface area (Å²) >= 11 is 1.44. The number of hydrogen-bond acceptors (Lipinski definition) is 7. The Bertz CT molecular complexity index is 959. The molecule has 8 heteroatoms. The third-order valence-corrected chi connectivity index (χ3v) is 7.27. The quantitative estimate of drug-likeness (QED) is 0.811. The standard InChI is InChI=1S/C21H28N4O3S/c1-21(2)11-13-14(12-28-21)18(24-5-3-4-6-24)23-19-15(13)16(22)17(29-19)20(26)25-7-9-27-10-8-25/h3-12,22H2,1-2H3. The highest BCUT2D eigenvalue weighted by molar-refractivity contribution is 7.21. The fraction of sp³-hybridized carbons (Fsp3) is 0.619. The molecule has 5 rings (SSSR count). The van der Waals surface area contributed by atoms with Gasteiger partial charge in [-0.3, -0.25) is 4.79 Å². The zero-order chi connectivity index (χ0) is 20.2. The number of carbonyl (C=O) groups is 1. The van der Waals surface area contributed by atoms with E-state index in [0.29, 0.717) is 43.5 Å². The van der Waals surface area contributed by atoms with Crippen LogP contribution in [0.5, 0.6) is 0 Å². The Kier molecular flexibility index (Phi) is 4.68. The van der Waals surface area contributed by atoms with E-state index in [1.165, 1.54) is 29.7 Å². The molecule has 0 bridgehead atoms. The van der Waals surface area contributed by atoms with Crippen molar-refractivity contribution in [3.63, 3.8) is 0 Å². The second-order valence-electron chi connectivity index (χ2n) is 8.74. The summed E-state index contributed by atoms with van der Waals surface area (Å²) in [6, 6.07) is 0. The number of rotatable bonds is 2. The zero-order valence-corrected chi connectivity index (χ0v) is 17.9. The molecule has 0 atom stereocenters. The van der Waals surface area contributed by atoms with Crippen LogP contribution < -0.4 is 10.6 Å². The maximum Gasteiger partial charge on any atom is 0.266 e. The van der Waals surface area contributed by atoms with Gasteiger partial charge in [-0.05, 0) is 32.3 Å². The SMILES string of the molecule is CC1(C)Cc2c(c(N3CCCC3)nc3sc(C(=O)N4CCOCC4)c(N)c23)CO1. The van der Waals surface area contributed by atoms with Crippen LogP contribution in [0.25, 0.3) is 10.2 Å². The number of amides is 1. The second-order valence-corrected chi connectivity index (χ2v) is 9.74. The Hall–Kier alpha value is -1.90. The summed E-state index contributed by atoms with van der Waals surface area (Å²) in [6.45, 7) is 9.18. The van der Waals surface area contributed by atoms with Crippen molar-refractivity contribution in [3.8, 4) is 0 Å². The van der Waals surface area contributed by atoms with Crippen LogP contribution >= 0.6 is 11.3 Å². The van der Waals surface area contributed by atoms with E-state index in [1.807, 2.05) is 4.90 Å². The highest BCUT2D eigenvalue weighted by atomic mass is 32.1. The Morgan fingerprint density at radius 1 is 1.14 bits per heavy atom. The van der Waals surface area contributed by atoms with Gasteiger partial charge in [-0.15, -0.1) is 11.3 Å². The molecule has 2 aromatic rings. The van der Waals surface area contributed by atoms with Gasteiger partial charge in [0.25, 0.3) is 5.91 Å². The number of nitrogen functional groups attached to an aromatic ring is 1. The molecule has 0 unspecified atom stereocenters. The minimum Gasteiger partial charge on any atom is -0.397 e. The molecule has 7 nitrogen and oxygen atoms in total. The normalized spacial score (nSPS) is 21.6. The lowest BCUT2D eigenvalue weighted by Gasteiger charge is -2.34. The first-order valence-electron chi connectivity index (χ1n) is 10.4. The minimum absolute atomic E-state index is 0.00316. The van der Waals surface area contributed by atoms with Crippen LogP contribution in [0, 0.1) is 0 Å². The van der Waals surface area contributed by atoms with E-state index in [2.05, 4.69) is 18.7 Å². The molecule has 29 heavy (non-hydrogen) atoms. The van der Waals surface area contributed by atoms with Crippen molar-refractivity contribution < 1.29 is 14.3 Å². The van der Waals surface area contributed by atoms with Crippen molar-refractivity contribution in [1.82, 2.24) is 9.88 Å². The van der Waals surface area contributed by atoms with E-state index >= 15 is 0 Å². The molecular weight excluding hydrogens is 388 g/mol. The van der Waals surface area contributed by atoms with Gasteiger partial charge in [-0.1, -0.05) is 0 Å². The molecule has 3 aliphatic heterocycles. The molecular formula is C21H28N4O3S. The smallest absolute Gasteiger partial charge is 0.266 e. The molecule has 2 N–H and O–H groups in total. The van der Waals surface area contributed by atoms with Gasteiger partial charge in [0, 0.05) is 43.5 Å². The average Bonchev–Trinajstić information content (AvgIpc) is 3.35. The number of carbonyl (C=O) groups excluding carboxylic acids is 1. The van der Waals surface area contributed by atoms with Crippen LogP contribution in [0.3, 0.4) is 0 Å². The Balaban J connectivity index is 1.65. The van der Waals surface area contributed by atoms with E-state index in [-0.39, 0.29) is 11.5 Å². The number of thiophene rings is 1. The van der Waals surface area contributed by atoms with Crippen molar-refractivity contribution in [2.45, 2.75) is 45.3 Å². The summed E-state index contributed by atoms with van der Waals surface area (Å²) < 4.78 is 11.5.